The lowest BCUT2D eigenvalue weighted by molar-refractivity contribution is -0.129. The molecule has 1 aliphatic carbocycles. The highest BCUT2D eigenvalue weighted by molar-refractivity contribution is 5.79. The molecule has 0 aromatic carbocycles. The molecule has 0 heterocycles. The van der Waals surface area contributed by atoms with Crippen molar-refractivity contribution in [2.24, 2.45) is 0 Å². The van der Waals surface area contributed by atoms with Gasteiger partial charge in [0.15, 0.2) is 0 Å². The zero-order valence-corrected chi connectivity index (χ0v) is 10.6. The van der Waals surface area contributed by atoms with Crippen LogP contribution in [0.3, 0.4) is 0 Å². The Hall–Kier alpha value is -0.870. The molecule has 0 fully saturated rings. The lowest BCUT2D eigenvalue weighted by Gasteiger charge is -2.22. The van der Waals surface area contributed by atoms with Crippen molar-refractivity contribution in [1.29, 1.82) is 0 Å². The number of carbonyl (C=O) groups is 1. The molecule has 1 rings (SSSR count). The molecule has 4 heteroatoms. The fourth-order valence-electron chi connectivity index (χ4n) is 1.84. The molecule has 1 amide bonds. The summed E-state index contributed by atoms with van der Waals surface area (Å²) >= 11 is 0. The minimum atomic E-state index is 0.187. The Balaban J connectivity index is 2.33. The first kappa shape index (κ1) is 13.2. The van der Waals surface area contributed by atoms with Crippen LogP contribution >= 0.6 is 0 Å². The van der Waals surface area contributed by atoms with Crippen LogP contribution in [0.4, 0.5) is 0 Å². The highest BCUT2D eigenvalue weighted by Crippen LogP contribution is 2.20. The van der Waals surface area contributed by atoms with Crippen molar-refractivity contribution in [2.75, 3.05) is 40.8 Å². The Labute approximate surface area is 98.3 Å². The van der Waals surface area contributed by atoms with E-state index in [2.05, 4.69) is 11.4 Å². The van der Waals surface area contributed by atoms with Gasteiger partial charge in [-0.3, -0.25) is 9.69 Å². The van der Waals surface area contributed by atoms with E-state index in [4.69, 9.17) is 0 Å². The Morgan fingerprint density at radius 2 is 2.25 bits per heavy atom. The molecule has 0 aromatic rings. The second kappa shape index (κ2) is 6.66. The monoisotopic (exact) mass is 225 g/mol. The van der Waals surface area contributed by atoms with E-state index in [0.29, 0.717) is 6.54 Å². The first-order valence-electron chi connectivity index (χ1n) is 5.94. The Kier molecular flexibility index (Phi) is 5.49. The third-order valence-electron chi connectivity index (χ3n) is 2.97. The molecular formula is C12H23N3O. The number of nitrogens with one attached hydrogen (secondary N) is 1. The van der Waals surface area contributed by atoms with E-state index < -0.39 is 0 Å². The predicted molar refractivity (Wildman–Crippen MR) is 66.1 cm³/mol. The first-order chi connectivity index (χ1) is 7.65. The van der Waals surface area contributed by atoms with Gasteiger partial charge in [0.2, 0.25) is 5.91 Å². The van der Waals surface area contributed by atoms with E-state index in [1.54, 1.807) is 0 Å². The summed E-state index contributed by atoms with van der Waals surface area (Å²) in [6.07, 6.45) is 5.51. The summed E-state index contributed by atoms with van der Waals surface area (Å²) < 4.78 is 0. The maximum Gasteiger partial charge on any atom is 0.240 e. The molecule has 0 aliphatic heterocycles. The van der Waals surface area contributed by atoms with E-state index >= 15 is 0 Å². The summed E-state index contributed by atoms with van der Waals surface area (Å²) in [7, 11) is 5.78. The molecular weight excluding hydrogens is 202 g/mol. The van der Waals surface area contributed by atoms with E-state index in [-0.39, 0.29) is 5.91 Å². The third kappa shape index (κ3) is 3.94. The molecule has 0 saturated carbocycles. The number of allylic oxidation sites excluding steroid dienone is 2. The predicted octanol–water partition coefficient (Wildman–Crippen LogP) is 0.664. The average molecular weight is 225 g/mol. The smallest absolute Gasteiger partial charge is 0.240 e. The highest BCUT2D eigenvalue weighted by atomic mass is 16.2. The number of likely N-dealkylation sites (N-methyl/N-ethyl adjacent to an activating group) is 3. The topological polar surface area (TPSA) is 35.6 Å². The van der Waals surface area contributed by atoms with Gasteiger partial charge in [0.25, 0.3) is 0 Å². The molecule has 0 radical (unpaired) electrons. The fraction of sp³-hybridized carbons (Fsp3) is 0.750. The van der Waals surface area contributed by atoms with Crippen molar-refractivity contribution in [3.63, 3.8) is 0 Å². The number of nitrogens with zero attached hydrogens (tertiary/aromatic N) is 2. The van der Waals surface area contributed by atoms with E-state index in [1.807, 2.05) is 30.9 Å². The number of rotatable bonds is 6. The van der Waals surface area contributed by atoms with Crippen LogP contribution in [0.2, 0.25) is 0 Å². The molecule has 0 unspecified atom stereocenters. The van der Waals surface area contributed by atoms with Crippen molar-refractivity contribution in [3.05, 3.63) is 11.8 Å². The van der Waals surface area contributed by atoms with Crippen molar-refractivity contribution in [1.82, 2.24) is 15.1 Å². The maximum atomic E-state index is 11.9. The molecule has 1 N–H and O–H groups in total. The van der Waals surface area contributed by atoms with Gasteiger partial charge in [0, 0.05) is 25.8 Å². The van der Waals surface area contributed by atoms with Crippen LogP contribution in [-0.2, 0) is 4.79 Å². The van der Waals surface area contributed by atoms with Gasteiger partial charge in [-0.25, -0.2) is 0 Å². The van der Waals surface area contributed by atoms with E-state index in [1.165, 1.54) is 12.1 Å². The molecule has 0 aromatic heterocycles. The van der Waals surface area contributed by atoms with Gasteiger partial charge >= 0.3 is 0 Å². The molecule has 4 nitrogen and oxygen atoms in total. The molecule has 92 valence electrons. The summed E-state index contributed by atoms with van der Waals surface area (Å²) in [6, 6.07) is 0. The third-order valence-corrected chi connectivity index (χ3v) is 2.97. The van der Waals surface area contributed by atoms with E-state index in [9.17, 15) is 4.79 Å². The SMILES string of the molecule is CNCCN(C)CC(=O)N(C)C1=CCCC1. The second-order valence-corrected chi connectivity index (χ2v) is 4.38. The van der Waals surface area contributed by atoms with Gasteiger partial charge < -0.3 is 10.2 Å². The van der Waals surface area contributed by atoms with Crippen LogP contribution in [0.15, 0.2) is 11.8 Å². The van der Waals surface area contributed by atoms with Gasteiger partial charge in [0.05, 0.1) is 6.54 Å². The number of hydrogen-bond acceptors (Lipinski definition) is 3. The number of amides is 1. The Morgan fingerprint density at radius 1 is 1.50 bits per heavy atom. The van der Waals surface area contributed by atoms with Crippen molar-refractivity contribution >= 4 is 5.91 Å². The molecule has 16 heavy (non-hydrogen) atoms. The molecule has 0 saturated heterocycles. The molecule has 1 aliphatic rings. The quantitative estimate of drug-likeness (QED) is 0.721. The van der Waals surface area contributed by atoms with Crippen LogP contribution in [0, 0.1) is 0 Å². The number of carbonyl (C=O) groups excluding carboxylic acids is 1. The average Bonchev–Trinajstić information content (AvgIpc) is 2.78. The summed E-state index contributed by atoms with van der Waals surface area (Å²) in [5.74, 6) is 0.187. The van der Waals surface area contributed by atoms with Crippen LogP contribution in [-0.4, -0.2) is 56.5 Å². The van der Waals surface area contributed by atoms with Crippen molar-refractivity contribution in [3.8, 4) is 0 Å². The standard InChI is InChI=1S/C12H23N3O/c1-13-8-9-14(2)10-12(16)15(3)11-6-4-5-7-11/h6,13H,4-5,7-10H2,1-3H3. The normalized spacial score (nSPS) is 15.4. The zero-order chi connectivity index (χ0) is 12.0. The Morgan fingerprint density at radius 3 is 2.81 bits per heavy atom. The lowest BCUT2D eigenvalue weighted by Crippen LogP contribution is -2.38. The molecule has 0 bridgehead atoms. The minimum absolute atomic E-state index is 0.187. The van der Waals surface area contributed by atoms with Crippen LogP contribution in [0.25, 0.3) is 0 Å². The maximum absolute atomic E-state index is 11.9. The van der Waals surface area contributed by atoms with Crippen LogP contribution < -0.4 is 5.32 Å². The van der Waals surface area contributed by atoms with E-state index in [0.717, 1.165) is 25.9 Å². The lowest BCUT2D eigenvalue weighted by atomic mass is 10.3. The van der Waals surface area contributed by atoms with Crippen LogP contribution in [0.5, 0.6) is 0 Å². The molecule has 0 atom stereocenters. The van der Waals surface area contributed by atoms with Gasteiger partial charge in [-0.2, -0.15) is 0 Å². The summed E-state index contributed by atoms with van der Waals surface area (Å²) in [6.45, 7) is 2.31. The Bertz CT molecular complexity index is 263. The van der Waals surface area contributed by atoms with Gasteiger partial charge in [-0.15, -0.1) is 0 Å². The molecule has 0 spiro atoms. The van der Waals surface area contributed by atoms with Crippen LogP contribution in [0.1, 0.15) is 19.3 Å². The zero-order valence-electron chi connectivity index (χ0n) is 10.6. The summed E-state index contributed by atoms with van der Waals surface area (Å²) in [5, 5.41) is 3.08. The van der Waals surface area contributed by atoms with Crippen molar-refractivity contribution in [2.45, 2.75) is 19.3 Å². The largest absolute Gasteiger partial charge is 0.318 e. The van der Waals surface area contributed by atoms with Crippen molar-refractivity contribution < 1.29 is 4.79 Å². The minimum Gasteiger partial charge on any atom is -0.318 e. The fourth-order valence-corrected chi connectivity index (χ4v) is 1.84. The number of hydrogen-bond donors (Lipinski definition) is 1. The van der Waals surface area contributed by atoms with Gasteiger partial charge in [-0.05, 0) is 33.4 Å². The summed E-state index contributed by atoms with van der Waals surface area (Å²) in [5.41, 5.74) is 1.19. The highest BCUT2D eigenvalue weighted by Gasteiger charge is 2.16. The van der Waals surface area contributed by atoms with Gasteiger partial charge in [0.1, 0.15) is 0 Å². The van der Waals surface area contributed by atoms with Gasteiger partial charge in [-0.1, -0.05) is 6.08 Å². The summed E-state index contributed by atoms with van der Waals surface area (Å²) in [4.78, 5) is 15.8. The second-order valence-electron chi connectivity index (χ2n) is 4.38. The first-order valence-corrected chi connectivity index (χ1v) is 5.94.